The highest BCUT2D eigenvalue weighted by Crippen LogP contribution is 2.35. The summed E-state index contributed by atoms with van der Waals surface area (Å²) in [5, 5.41) is 19.7. The van der Waals surface area contributed by atoms with Crippen LogP contribution in [0.25, 0.3) is 0 Å². The summed E-state index contributed by atoms with van der Waals surface area (Å²) >= 11 is 2.87. The molecule has 0 spiro atoms. The lowest BCUT2D eigenvalue weighted by atomic mass is 10.2. The molecule has 0 aromatic carbocycles. The normalized spacial score (nSPS) is 10.7. The molecule has 0 bridgehead atoms. The lowest BCUT2D eigenvalue weighted by Gasteiger charge is -2.06. The van der Waals surface area contributed by atoms with E-state index in [1.807, 2.05) is 0 Å². The fourth-order valence-electron chi connectivity index (χ4n) is 0.994. The average molecular weight is 283 g/mol. The fraction of sp³-hybridized carbons (Fsp3) is 0.286. The number of aromatic hydroxyl groups is 1. The Balaban J connectivity index is 3.39. The van der Waals surface area contributed by atoms with Crippen molar-refractivity contribution in [3.8, 4) is 5.75 Å². The van der Waals surface area contributed by atoms with Crippen molar-refractivity contribution in [3.05, 3.63) is 27.6 Å². The van der Waals surface area contributed by atoms with E-state index in [4.69, 9.17) is 0 Å². The third-order valence-electron chi connectivity index (χ3n) is 1.70. The van der Waals surface area contributed by atoms with Crippen LogP contribution in [0.1, 0.15) is 17.7 Å². The quantitative estimate of drug-likeness (QED) is 0.525. The number of nitrogens with zero attached hydrogens (tertiary/aromatic N) is 2. The van der Waals surface area contributed by atoms with Gasteiger partial charge in [-0.25, -0.2) is 13.8 Å². The molecule has 1 rings (SSSR count). The molecule has 8 heteroatoms. The lowest BCUT2D eigenvalue weighted by molar-refractivity contribution is -0.385. The topological polar surface area (TPSA) is 76.3 Å². The molecular weight excluding hydrogens is 278 g/mol. The van der Waals surface area contributed by atoms with Crippen molar-refractivity contribution < 1.29 is 18.8 Å². The van der Waals surface area contributed by atoms with Gasteiger partial charge in [0.25, 0.3) is 12.1 Å². The summed E-state index contributed by atoms with van der Waals surface area (Å²) in [6.07, 6.45) is -2.26. The Labute approximate surface area is 91.0 Å². The van der Waals surface area contributed by atoms with Crippen molar-refractivity contribution in [2.24, 2.45) is 0 Å². The maximum Gasteiger partial charge on any atom is 0.295 e. The number of pyridine rings is 1. The van der Waals surface area contributed by atoms with Crippen LogP contribution in [-0.2, 0) is 5.33 Å². The molecule has 0 saturated heterocycles. The number of halogens is 3. The minimum atomic E-state index is -2.97. The summed E-state index contributed by atoms with van der Waals surface area (Å²) in [6, 6.07) is 0. The van der Waals surface area contributed by atoms with Gasteiger partial charge in [0.05, 0.1) is 10.5 Å². The summed E-state index contributed by atoms with van der Waals surface area (Å²) in [7, 11) is 0. The molecule has 0 aliphatic rings. The highest BCUT2D eigenvalue weighted by atomic mass is 79.9. The van der Waals surface area contributed by atoms with Crippen molar-refractivity contribution in [1.29, 1.82) is 0 Å². The highest BCUT2D eigenvalue weighted by Gasteiger charge is 2.24. The summed E-state index contributed by atoms with van der Waals surface area (Å²) in [6.45, 7) is 0. The van der Waals surface area contributed by atoms with Gasteiger partial charge >= 0.3 is 0 Å². The molecule has 0 radical (unpaired) electrons. The minimum absolute atomic E-state index is 0.0998. The molecule has 1 aromatic heterocycles. The fourth-order valence-corrected chi connectivity index (χ4v) is 1.55. The third kappa shape index (κ3) is 2.20. The molecule has 15 heavy (non-hydrogen) atoms. The molecule has 0 atom stereocenters. The van der Waals surface area contributed by atoms with Crippen LogP contribution in [0.3, 0.4) is 0 Å². The molecule has 5 nitrogen and oxygen atoms in total. The second kappa shape index (κ2) is 4.47. The van der Waals surface area contributed by atoms with E-state index in [1.165, 1.54) is 0 Å². The largest absolute Gasteiger partial charge is 0.505 e. The number of hydrogen-bond donors (Lipinski definition) is 1. The highest BCUT2D eigenvalue weighted by molar-refractivity contribution is 9.08. The number of nitro groups is 1. The van der Waals surface area contributed by atoms with Gasteiger partial charge in [-0.3, -0.25) is 10.1 Å². The standard InChI is InChI=1S/C7H5BrF2N2O3/c8-1-3-4(12(14)15)2-11-5(6(3)13)7(9)10/h2,7,13H,1H2. The summed E-state index contributed by atoms with van der Waals surface area (Å²) < 4.78 is 24.5. The van der Waals surface area contributed by atoms with Gasteiger partial charge < -0.3 is 5.11 Å². The molecule has 1 heterocycles. The first-order valence-electron chi connectivity index (χ1n) is 3.68. The molecule has 0 saturated carbocycles. The lowest BCUT2D eigenvalue weighted by Crippen LogP contribution is -2.00. The smallest absolute Gasteiger partial charge is 0.295 e. The van der Waals surface area contributed by atoms with E-state index in [-0.39, 0.29) is 10.9 Å². The third-order valence-corrected chi connectivity index (χ3v) is 2.26. The first-order valence-corrected chi connectivity index (χ1v) is 4.80. The number of aromatic nitrogens is 1. The van der Waals surface area contributed by atoms with Crippen LogP contribution >= 0.6 is 15.9 Å². The van der Waals surface area contributed by atoms with Gasteiger partial charge in [-0.1, -0.05) is 15.9 Å². The van der Waals surface area contributed by atoms with E-state index in [2.05, 4.69) is 20.9 Å². The molecule has 0 fully saturated rings. The van der Waals surface area contributed by atoms with E-state index in [0.717, 1.165) is 0 Å². The van der Waals surface area contributed by atoms with Crippen LogP contribution in [0.15, 0.2) is 6.20 Å². The van der Waals surface area contributed by atoms with E-state index >= 15 is 0 Å². The average Bonchev–Trinajstić information content (AvgIpc) is 2.16. The van der Waals surface area contributed by atoms with Gasteiger partial charge in [-0.05, 0) is 0 Å². The zero-order valence-corrected chi connectivity index (χ0v) is 8.74. The second-order valence-corrected chi connectivity index (χ2v) is 3.11. The van der Waals surface area contributed by atoms with Crippen LogP contribution in [-0.4, -0.2) is 15.0 Å². The van der Waals surface area contributed by atoms with Crippen LogP contribution in [0.2, 0.25) is 0 Å². The van der Waals surface area contributed by atoms with E-state index < -0.39 is 28.5 Å². The summed E-state index contributed by atoms with van der Waals surface area (Å²) in [5.41, 5.74) is -1.55. The van der Waals surface area contributed by atoms with Crippen molar-refractivity contribution >= 4 is 21.6 Å². The van der Waals surface area contributed by atoms with E-state index in [0.29, 0.717) is 6.20 Å². The number of hydrogen-bond acceptors (Lipinski definition) is 4. The minimum Gasteiger partial charge on any atom is -0.505 e. The van der Waals surface area contributed by atoms with Gasteiger partial charge in [0.15, 0.2) is 5.75 Å². The Morgan fingerprint density at radius 3 is 2.67 bits per heavy atom. The first kappa shape index (κ1) is 11.8. The molecule has 0 aliphatic carbocycles. The van der Waals surface area contributed by atoms with E-state index in [9.17, 15) is 24.0 Å². The second-order valence-electron chi connectivity index (χ2n) is 2.55. The van der Waals surface area contributed by atoms with Gasteiger partial charge in [0, 0.05) is 5.33 Å². The zero-order valence-electron chi connectivity index (χ0n) is 7.15. The van der Waals surface area contributed by atoms with Gasteiger partial charge in [0.2, 0.25) is 0 Å². The molecule has 82 valence electrons. The molecule has 1 aromatic rings. The molecule has 0 unspecified atom stereocenters. The molecule has 0 amide bonds. The summed E-state index contributed by atoms with van der Waals surface area (Å²) in [4.78, 5) is 12.8. The maximum atomic E-state index is 12.3. The van der Waals surface area contributed by atoms with Crippen molar-refractivity contribution in [1.82, 2.24) is 4.98 Å². The zero-order chi connectivity index (χ0) is 11.6. The van der Waals surface area contributed by atoms with Crippen molar-refractivity contribution in [2.75, 3.05) is 0 Å². The van der Waals surface area contributed by atoms with E-state index in [1.54, 1.807) is 0 Å². The maximum absolute atomic E-state index is 12.3. The van der Waals surface area contributed by atoms with Crippen LogP contribution in [0.4, 0.5) is 14.5 Å². The Bertz CT molecular complexity index is 400. The predicted molar refractivity (Wildman–Crippen MR) is 50.1 cm³/mol. The Morgan fingerprint density at radius 2 is 2.27 bits per heavy atom. The van der Waals surface area contributed by atoms with Gasteiger partial charge in [-0.2, -0.15) is 0 Å². The van der Waals surface area contributed by atoms with Gasteiger partial charge in [-0.15, -0.1) is 0 Å². The monoisotopic (exact) mass is 282 g/mol. The van der Waals surface area contributed by atoms with Crippen LogP contribution in [0, 0.1) is 10.1 Å². The SMILES string of the molecule is O=[N+]([O-])c1cnc(C(F)F)c(O)c1CBr. The van der Waals surface area contributed by atoms with Crippen molar-refractivity contribution in [2.45, 2.75) is 11.8 Å². The van der Waals surface area contributed by atoms with Crippen LogP contribution in [0.5, 0.6) is 5.75 Å². The van der Waals surface area contributed by atoms with Gasteiger partial charge in [0.1, 0.15) is 11.9 Å². The Morgan fingerprint density at radius 1 is 1.67 bits per heavy atom. The van der Waals surface area contributed by atoms with Crippen molar-refractivity contribution in [3.63, 3.8) is 0 Å². The van der Waals surface area contributed by atoms with Crippen LogP contribution < -0.4 is 0 Å². The predicted octanol–water partition coefficient (Wildman–Crippen LogP) is 2.53. The molecule has 1 N–H and O–H groups in total. The Hall–Kier alpha value is -1.31. The Kier molecular flexibility index (Phi) is 3.51. The number of rotatable bonds is 3. The molecular formula is C7H5BrF2N2O3. The summed E-state index contributed by atoms with van der Waals surface area (Å²) in [5.74, 6) is -0.837. The first-order chi connectivity index (χ1) is 6.99. The molecule has 0 aliphatic heterocycles. The number of alkyl halides is 3.